The quantitative estimate of drug-likeness (QED) is 0.890. The maximum absolute atomic E-state index is 6.61. The second-order valence-corrected chi connectivity index (χ2v) is 7.13. The van der Waals surface area contributed by atoms with Crippen LogP contribution < -0.4 is 5.73 Å². The van der Waals surface area contributed by atoms with Gasteiger partial charge in [-0.2, -0.15) is 0 Å². The van der Waals surface area contributed by atoms with Crippen LogP contribution >= 0.6 is 27.3 Å². The van der Waals surface area contributed by atoms with Crippen molar-refractivity contribution < 1.29 is 0 Å². The van der Waals surface area contributed by atoms with Gasteiger partial charge in [0.1, 0.15) is 0 Å². The molecule has 18 heavy (non-hydrogen) atoms. The highest BCUT2D eigenvalue weighted by Gasteiger charge is 2.30. The van der Waals surface area contributed by atoms with Crippen LogP contribution in [0.25, 0.3) is 0 Å². The minimum Gasteiger partial charge on any atom is -0.324 e. The van der Waals surface area contributed by atoms with Gasteiger partial charge in [-0.05, 0) is 52.4 Å². The number of nitrogens with two attached hydrogens (primary N) is 1. The summed E-state index contributed by atoms with van der Waals surface area (Å²) in [6.07, 6.45) is 4.18. The number of aryl methyl sites for hydroxylation is 1. The smallest absolute Gasteiger partial charge is 0.0285 e. The highest BCUT2D eigenvalue weighted by atomic mass is 79.9. The van der Waals surface area contributed by atoms with Crippen molar-refractivity contribution in [2.45, 2.75) is 31.2 Å². The lowest BCUT2D eigenvalue weighted by Crippen LogP contribution is -2.46. The Morgan fingerprint density at radius 3 is 2.78 bits per heavy atom. The van der Waals surface area contributed by atoms with Crippen LogP contribution in [-0.4, -0.2) is 5.54 Å². The third-order valence-electron chi connectivity index (χ3n) is 3.70. The van der Waals surface area contributed by atoms with Crippen molar-refractivity contribution >= 4 is 27.3 Å². The first-order valence-corrected chi connectivity index (χ1v) is 7.90. The van der Waals surface area contributed by atoms with Crippen LogP contribution in [0.4, 0.5) is 0 Å². The van der Waals surface area contributed by atoms with Crippen molar-refractivity contribution in [1.29, 1.82) is 0 Å². The highest BCUT2D eigenvalue weighted by molar-refractivity contribution is 9.10. The molecular weight excluding hydrogens is 306 g/mol. The molecule has 0 saturated heterocycles. The van der Waals surface area contributed by atoms with Crippen molar-refractivity contribution in [3.8, 4) is 0 Å². The van der Waals surface area contributed by atoms with Crippen LogP contribution in [0.1, 0.15) is 22.4 Å². The van der Waals surface area contributed by atoms with Crippen LogP contribution in [0, 0.1) is 0 Å². The van der Waals surface area contributed by atoms with E-state index in [0.717, 1.165) is 25.7 Å². The Bertz CT molecular complexity index is 563. The van der Waals surface area contributed by atoms with E-state index >= 15 is 0 Å². The van der Waals surface area contributed by atoms with E-state index in [2.05, 4.69) is 51.6 Å². The molecule has 0 radical (unpaired) electrons. The average molecular weight is 322 g/mol. The maximum Gasteiger partial charge on any atom is 0.0285 e. The van der Waals surface area contributed by atoms with E-state index in [9.17, 15) is 0 Å². The summed E-state index contributed by atoms with van der Waals surface area (Å²) in [6.45, 7) is 0. The third kappa shape index (κ3) is 2.53. The van der Waals surface area contributed by atoms with Gasteiger partial charge in [-0.3, -0.25) is 0 Å². The van der Waals surface area contributed by atoms with Crippen molar-refractivity contribution in [2.75, 3.05) is 0 Å². The predicted molar refractivity (Wildman–Crippen MR) is 81.1 cm³/mol. The Labute approximate surface area is 120 Å². The molecule has 0 fully saturated rings. The zero-order chi connectivity index (χ0) is 12.6. The molecule has 0 saturated carbocycles. The lowest BCUT2D eigenvalue weighted by atomic mass is 9.76. The molecule has 1 aliphatic carbocycles. The monoisotopic (exact) mass is 321 g/mol. The van der Waals surface area contributed by atoms with E-state index in [1.165, 1.54) is 20.5 Å². The number of halogens is 1. The molecule has 1 unspecified atom stereocenters. The first-order valence-electron chi connectivity index (χ1n) is 6.23. The lowest BCUT2D eigenvalue weighted by molar-refractivity contribution is 0.371. The van der Waals surface area contributed by atoms with Crippen LogP contribution in [0.15, 0.2) is 40.2 Å². The Hall–Kier alpha value is -0.640. The van der Waals surface area contributed by atoms with E-state index < -0.39 is 0 Å². The molecule has 1 nitrogen and oxygen atoms in total. The highest BCUT2D eigenvalue weighted by Crippen LogP contribution is 2.31. The van der Waals surface area contributed by atoms with Crippen molar-refractivity contribution in [2.24, 2.45) is 5.73 Å². The van der Waals surface area contributed by atoms with Gasteiger partial charge in [0.25, 0.3) is 0 Å². The average Bonchev–Trinajstić information content (AvgIpc) is 2.74. The van der Waals surface area contributed by atoms with Gasteiger partial charge in [0.2, 0.25) is 0 Å². The first kappa shape index (κ1) is 12.4. The molecular formula is C15H16BrNS. The molecule has 3 heteroatoms. The minimum absolute atomic E-state index is 0.0708. The Balaban J connectivity index is 1.81. The zero-order valence-corrected chi connectivity index (χ0v) is 12.6. The summed E-state index contributed by atoms with van der Waals surface area (Å²) < 4.78 is 1.17. The van der Waals surface area contributed by atoms with E-state index in [0.29, 0.717) is 0 Å². The van der Waals surface area contributed by atoms with E-state index in [4.69, 9.17) is 5.73 Å². The molecule has 1 aromatic carbocycles. The number of benzene rings is 1. The van der Waals surface area contributed by atoms with Gasteiger partial charge in [0.15, 0.2) is 0 Å². The number of fused-ring (bicyclic) bond motifs is 1. The van der Waals surface area contributed by atoms with E-state index in [1.54, 1.807) is 11.3 Å². The van der Waals surface area contributed by atoms with Gasteiger partial charge in [-0.25, -0.2) is 0 Å². The number of thiophene rings is 1. The second-order valence-electron chi connectivity index (χ2n) is 5.22. The molecule has 1 atom stereocenters. The Morgan fingerprint density at radius 2 is 2.06 bits per heavy atom. The fraction of sp³-hybridized carbons (Fsp3) is 0.333. The van der Waals surface area contributed by atoms with E-state index in [1.807, 2.05) is 0 Å². The second kappa shape index (κ2) is 4.80. The molecule has 0 bridgehead atoms. The summed E-state index contributed by atoms with van der Waals surface area (Å²) in [7, 11) is 0. The van der Waals surface area contributed by atoms with Gasteiger partial charge in [0.05, 0.1) is 0 Å². The van der Waals surface area contributed by atoms with E-state index in [-0.39, 0.29) is 5.54 Å². The lowest BCUT2D eigenvalue weighted by Gasteiger charge is -2.34. The summed E-state index contributed by atoms with van der Waals surface area (Å²) in [4.78, 5) is 1.38. The van der Waals surface area contributed by atoms with Crippen LogP contribution in [0.2, 0.25) is 0 Å². The molecule has 3 rings (SSSR count). The van der Waals surface area contributed by atoms with Gasteiger partial charge in [-0.1, -0.05) is 24.3 Å². The molecule has 2 aromatic rings. The van der Waals surface area contributed by atoms with Crippen molar-refractivity contribution in [3.05, 3.63) is 56.2 Å². The third-order valence-corrected chi connectivity index (χ3v) is 5.40. The SMILES string of the molecule is NC1(Cc2cc(Br)cs2)CCc2ccccc2C1. The number of hydrogen-bond donors (Lipinski definition) is 1. The van der Waals surface area contributed by atoms with Gasteiger partial charge >= 0.3 is 0 Å². The topological polar surface area (TPSA) is 26.0 Å². The molecule has 1 heterocycles. The van der Waals surface area contributed by atoms with Crippen LogP contribution in [0.3, 0.4) is 0 Å². The summed E-state index contributed by atoms with van der Waals surface area (Å²) in [6, 6.07) is 10.9. The molecule has 0 amide bonds. The fourth-order valence-electron chi connectivity index (χ4n) is 2.77. The molecule has 1 aromatic heterocycles. The Morgan fingerprint density at radius 1 is 1.28 bits per heavy atom. The largest absolute Gasteiger partial charge is 0.324 e. The maximum atomic E-state index is 6.61. The fourth-order valence-corrected chi connectivity index (χ4v) is 4.38. The molecule has 94 valence electrons. The van der Waals surface area contributed by atoms with Crippen molar-refractivity contribution in [1.82, 2.24) is 0 Å². The Kier molecular flexibility index (Phi) is 3.31. The van der Waals surface area contributed by atoms with Gasteiger partial charge < -0.3 is 5.73 Å². The van der Waals surface area contributed by atoms with Crippen LogP contribution in [-0.2, 0) is 19.3 Å². The summed E-state index contributed by atoms with van der Waals surface area (Å²) in [5.74, 6) is 0. The number of rotatable bonds is 2. The summed E-state index contributed by atoms with van der Waals surface area (Å²) in [5, 5.41) is 2.13. The molecule has 0 spiro atoms. The van der Waals surface area contributed by atoms with Gasteiger partial charge in [0, 0.05) is 26.7 Å². The summed E-state index contributed by atoms with van der Waals surface area (Å²) >= 11 is 5.31. The van der Waals surface area contributed by atoms with Crippen LogP contribution in [0.5, 0.6) is 0 Å². The predicted octanol–water partition coefficient (Wildman–Crippen LogP) is 3.94. The van der Waals surface area contributed by atoms with Gasteiger partial charge in [-0.15, -0.1) is 11.3 Å². The first-order chi connectivity index (χ1) is 8.65. The normalized spacial score (nSPS) is 22.8. The standard InChI is InChI=1S/C15H16BrNS/c16-13-7-14(18-10-13)9-15(17)6-5-11-3-1-2-4-12(11)8-15/h1-4,7,10H,5-6,8-9,17H2. The zero-order valence-electron chi connectivity index (χ0n) is 10.2. The molecule has 0 aliphatic heterocycles. The van der Waals surface area contributed by atoms with Crippen molar-refractivity contribution in [3.63, 3.8) is 0 Å². The molecule has 2 N–H and O–H groups in total. The number of hydrogen-bond acceptors (Lipinski definition) is 2. The molecule has 1 aliphatic rings. The minimum atomic E-state index is -0.0708. The summed E-state index contributed by atoms with van der Waals surface area (Å²) in [5.41, 5.74) is 9.45.